The first kappa shape index (κ1) is 16.2. The topological polar surface area (TPSA) is 67.3 Å². The number of nitrogens with zero attached hydrogens (tertiary/aromatic N) is 3. The molecule has 1 fully saturated rings. The molecule has 126 valence electrons. The van der Waals surface area contributed by atoms with E-state index >= 15 is 0 Å². The largest absolute Gasteiger partial charge is 0.497 e. The summed E-state index contributed by atoms with van der Waals surface area (Å²) >= 11 is 0. The normalized spacial score (nSPS) is 14.8. The summed E-state index contributed by atoms with van der Waals surface area (Å²) in [5.74, 6) is 1.17. The summed E-state index contributed by atoms with van der Waals surface area (Å²) in [6.07, 6.45) is 8.03. The highest BCUT2D eigenvalue weighted by atomic mass is 16.5. The number of aromatic nitrogens is 2. The van der Waals surface area contributed by atoms with Gasteiger partial charge in [-0.2, -0.15) is 0 Å². The third-order valence-corrected chi connectivity index (χ3v) is 4.12. The van der Waals surface area contributed by atoms with Gasteiger partial charge in [0.25, 0.3) is 5.91 Å². The first-order valence-corrected chi connectivity index (χ1v) is 8.28. The Labute approximate surface area is 141 Å². The van der Waals surface area contributed by atoms with Gasteiger partial charge in [-0.05, 0) is 25.0 Å². The molecule has 0 radical (unpaired) electrons. The molecule has 24 heavy (non-hydrogen) atoms. The fraction of sp³-hybridized carbons (Fsp3) is 0.389. The third-order valence-electron chi connectivity index (χ3n) is 4.12. The van der Waals surface area contributed by atoms with E-state index in [1.165, 1.54) is 25.7 Å². The van der Waals surface area contributed by atoms with Crippen molar-refractivity contribution in [3.63, 3.8) is 0 Å². The van der Waals surface area contributed by atoms with Crippen LogP contribution in [0.25, 0.3) is 0 Å². The Morgan fingerprint density at radius 1 is 1.12 bits per heavy atom. The minimum Gasteiger partial charge on any atom is -0.497 e. The molecule has 6 nitrogen and oxygen atoms in total. The number of benzene rings is 1. The summed E-state index contributed by atoms with van der Waals surface area (Å²) in [6.45, 7) is 1.96. The van der Waals surface area contributed by atoms with Crippen molar-refractivity contribution in [1.82, 2.24) is 9.97 Å². The zero-order valence-electron chi connectivity index (χ0n) is 13.9. The zero-order valence-corrected chi connectivity index (χ0v) is 13.9. The van der Waals surface area contributed by atoms with Gasteiger partial charge in [0.05, 0.1) is 12.7 Å². The van der Waals surface area contributed by atoms with Crippen molar-refractivity contribution in [1.29, 1.82) is 0 Å². The second-order valence-electron chi connectivity index (χ2n) is 5.86. The Morgan fingerprint density at radius 3 is 2.50 bits per heavy atom. The van der Waals surface area contributed by atoms with E-state index in [1.54, 1.807) is 25.6 Å². The van der Waals surface area contributed by atoms with Crippen molar-refractivity contribution in [3.8, 4) is 5.75 Å². The van der Waals surface area contributed by atoms with Crippen LogP contribution in [0.2, 0.25) is 0 Å². The Kier molecular flexibility index (Phi) is 5.25. The lowest BCUT2D eigenvalue weighted by molar-refractivity contribution is 0.102. The van der Waals surface area contributed by atoms with Crippen molar-refractivity contribution < 1.29 is 9.53 Å². The summed E-state index contributed by atoms with van der Waals surface area (Å²) < 4.78 is 5.15. The van der Waals surface area contributed by atoms with Crippen LogP contribution in [0.3, 0.4) is 0 Å². The van der Waals surface area contributed by atoms with Crippen molar-refractivity contribution in [2.45, 2.75) is 25.7 Å². The number of nitrogens with one attached hydrogen (secondary N) is 1. The molecule has 2 aromatic rings. The predicted molar refractivity (Wildman–Crippen MR) is 93.7 cm³/mol. The average molecular weight is 326 g/mol. The van der Waals surface area contributed by atoms with Gasteiger partial charge in [-0.1, -0.05) is 18.9 Å². The molecule has 0 bridgehead atoms. The molecule has 0 aliphatic carbocycles. The zero-order chi connectivity index (χ0) is 16.8. The summed E-state index contributed by atoms with van der Waals surface area (Å²) in [6, 6.07) is 7.24. The molecule has 1 aliphatic rings. The van der Waals surface area contributed by atoms with E-state index in [1.807, 2.05) is 18.2 Å². The molecule has 3 rings (SSSR count). The van der Waals surface area contributed by atoms with Gasteiger partial charge < -0.3 is 15.0 Å². The number of ether oxygens (including phenoxy) is 1. The maximum absolute atomic E-state index is 12.3. The Hall–Kier alpha value is -2.63. The standard InChI is InChI=1S/C18H22N4O2/c1-24-16-8-6-7-15(11-16)21-17(23)14-12-19-18(20-13-14)22-9-4-2-3-5-10-22/h6-8,11-13H,2-5,9-10H2,1H3,(H,21,23). The van der Waals surface area contributed by atoms with Gasteiger partial charge in [-0.15, -0.1) is 0 Å². The van der Waals surface area contributed by atoms with Gasteiger partial charge in [-0.25, -0.2) is 9.97 Å². The molecular formula is C18H22N4O2. The molecule has 6 heteroatoms. The highest BCUT2D eigenvalue weighted by Crippen LogP contribution is 2.18. The van der Waals surface area contributed by atoms with Crippen LogP contribution < -0.4 is 15.0 Å². The fourth-order valence-electron chi connectivity index (χ4n) is 2.78. The molecule has 1 aromatic carbocycles. The van der Waals surface area contributed by atoms with Gasteiger partial charge in [0.2, 0.25) is 5.95 Å². The van der Waals surface area contributed by atoms with Crippen LogP contribution in [0.1, 0.15) is 36.0 Å². The van der Waals surface area contributed by atoms with Gasteiger partial charge >= 0.3 is 0 Å². The quantitative estimate of drug-likeness (QED) is 0.935. The van der Waals surface area contributed by atoms with Gasteiger partial charge in [0, 0.05) is 37.2 Å². The minimum atomic E-state index is -0.231. The van der Waals surface area contributed by atoms with E-state index < -0.39 is 0 Å². The van der Waals surface area contributed by atoms with Crippen molar-refractivity contribution >= 4 is 17.5 Å². The van der Waals surface area contributed by atoms with Gasteiger partial charge in [-0.3, -0.25) is 4.79 Å². The van der Waals surface area contributed by atoms with Crippen LogP contribution >= 0.6 is 0 Å². The smallest absolute Gasteiger partial charge is 0.258 e. The molecule has 0 spiro atoms. The maximum Gasteiger partial charge on any atom is 0.258 e. The van der Waals surface area contributed by atoms with E-state index in [2.05, 4.69) is 20.2 Å². The second-order valence-corrected chi connectivity index (χ2v) is 5.86. The van der Waals surface area contributed by atoms with Crippen LogP contribution in [0, 0.1) is 0 Å². The highest BCUT2D eigenvalue weighted by Gasteiger charge is 2.14. The number of amides is 1. The van der Waals surface area contributed by atoms with Crippen molar-refractivity contribution in [3.05, 3.63) is 42.2 Å². The number of anilines is 2. The number of carbonyl (C=O) groups is 1. The average Bonchev–Trinajstić information content (AvgIpc) is 2.91. The van der Waals surface area contributed by atoms with E-state index in [4.69, 9.17) is 4.74 Å². The molecule has 2 heterocycles. The second kappa shape index (κ2) is 7.77. The summed E-state index contributed by atoms with van der Waals surface area (Å²) in [5.41, 5.74) is 1.12. The fourth-order valence-corrected chi connectivity index (χ4v) is 2.78. The van der Waals surface area contributed by atoms with Crippen molar-refractivity contribution in [2.24, 2.45) is 0 Å². The van der Waals surface area contributed by atoms with Crippen LogP contribution in [0.15, 0.2) is 36.7 Å². The van der Waals surface area contributed by atoms with Crippen LogP contribution in [-0.4, -0.2) is 36.1 Å². The maximum atomic E-state index is 12.3. The van der Waals surface area contributed by atoms with E-state index in [0.717, 1.165) is 13.1 Å². The first-order valence-electron chi connectivity index (χ1n) is 8.28. The molecule has 1 aliphatic heterocycles. The summed E-state index contributed by atoms with van der Waals surface area (Å²) in [4.78, 5) is 23.2. The number of hydrogen-bond donors (Lipinski definition) is 1. The number of methoxy groups -OCH3 is 1. The number of rotatable bonds is 4. The van der Waals surface area contributed by atoms with E-state index in [9.17, 15) is 4.79 Å². The molecule has 1 aromatic heterocycles. The molecular weight excluding hydrogens is 304 g/mol. The lowest BCUT2D eigenvalue weighted by atomic mass is 10.2. The monoisotopic (exact) mass is 326 g/mol. The number of hydrogen-bond acceptors (Lipinski definition) is 5. The molecule has 0 unspecified atom stereocenters. The molecule has 1 N–H and O–H groups in total. The summed E-state index contributed by atoms with van der Waals surface area (Å²) in [5, 5.41) is 2.83. The van der Waals surface area contributed by atoms with Crippen LogP contribution in [0.5, 0.6) is 5.75 Å². The lowest BCUT2D eigenvalue weighted by Gasteiger charge is -2.19. The van der Waals surface area contributed by atoms with Crippen LogP contribution in [0.4, 0.5) is 11.6 Å². The SMILES string of the molecule is COc1cccc(NC(=O)c2cnc(N3CCCCCC3)nc2)c1. The molecule has 0 atom stereocenters. The third kappa shape index (κ3) is 4.01. The summed E-state index contributed by atoms with van der Waals surface area (Å²) in [7, 11) is 1.59. The van der Waals surface area contributed by atoms with Crippen molar-refractivity contribution in [2.75, 3.05) is 30.4 Å². The molecule has 0 saturated carbocycles. The van der Waals surface area contributed by atoms with Gasteiger partial charge in [0.1, 0.15) is 5.75 Å². The molecule has 1 saturated heterocycles. The van der Waals surface area contributed by atoms with Gasteiger partial charge in [0.15, 0.2) is 0 Å². The first-order chi connectivity index (χ1) is 11.8. The minimum absolute atomic E-state index is 0.231. The number of carbonyl (C=O) groups excluding carboxylic acids is 1. The predicted octanol–water partition coefficient (Wildman–Crippen LogP) is 3.12. The highest BCUT2D eigenvalue weighted by molar-refractivity contribution is 6.03. The van der Waals surface area contributed by atoms with E-state index in [-0.39, 0.29) is 5.91 Å². The lowest BCUT2D eigenvalue weighted by Crippen LogP contribution is -2.26. The Balaban J connectivity index is 1.66. The van der Waals surface area contributed by atoms with E-state index in [0.29, 0.717) is 22.9 Å². The van der Waals surface area contributed by atoms with Crippen LogP contribution in [-0.2, 0) is 0 Å². The Morgan fingerprint density at radius 2 is 1.83 bits per heavy atom. The Bertz CT molecular complexity index is 680. The molecule has 1 amide bonds.